The zero-order valence-corrected chi connectivity index (χ0v) is 17.3. The van der Waals surface area contributed by atoms with E-state index in [1.165, 1.54) is 0 Å². The Labute approximate surface area is 186 Å². The second-order valence-corrected chi connectivity index (χ2v) is 7.21. The molecule has 32 heavy (non-hydrogen) atoms. The number of aromatic hydroxyl groups is 1. The van der Waals surface area contributed by atoms with E-state index in [1.807, 2.05) is 36.4 Å². The number of nitrogens with zero attached hydrogens (tertiary/aromatic N) is 4. The summed E-state index contributed by atoms with van der Waals surface area (Å²) in [4.78, 5) is 0.418. The highest BCUT2D eigenvalue weighted by Crippen LogP contribution is 2.47. The lowest BCUT2D eigenvalue weighted by molar-refractivity contribution is -0.432. The normalized spacial score (nSPS) is 11.7. The minimum atomic E-state index is -0.147. The highest BCUT2D eigenvalue weighted by atomic mass is 32.2. The fraction of sp³-hybridized carbons (Fsp3) is 0. The van der Waals surface area contributed by atoms with Gasteiger partial charge in [0, 0.05) is 0 Å². The topological polar surface area (TPSA) is 134 Å². The number of rotatable bonds is 7. The van der Waals surface area contributed by atoms with Gasteiger partial charge >= 0.3 is 0 Å². The van der Waals surface area contributed by atoms with Crippen LogP contribution < -0.4 is 5.73 Å². The summed E-state index contributed by atoms with van der Waals surface area (Å²) in [6.07, 6.45) is 0. The minimum Gasteiger partial charge on any atom is -0.505 e. The van der Waals surface area contributed by atoms with Crippen LogP contribution in [0.3, 0.4) is 0 Å². The summed E-state index contributed by atoms with van der Waals surface area (Å²) in [5.41, 5.74) is 8.26. The lowest BCUT2D eigenvalue weighted by Gasteiger charge is -2.12. The molecular formula is C22H17N5O4S. The number of benzene rings is 4. The molecule has 0 unspecified atom stereocenters. The van der Waals surface area contributed by atoms with E-state index in [0.29, 0.717) is 39.1 Å². The van der Waals surface area contributed by atoms with Crippen LogP contribution in [0, 0.1) is 0 Å². The van der Waals surface area contributed by atoms with E-state index in [9.17, 15) is 5.11 Å². The predicted molar refractivity (Wildman–Crippen MR) is 122 cm³/mol. The van der Waals surface area contributed by atoms with Gasteiger partial charge in [0.25, 0.3) is 0 Å². The van der Waals surface area contributed by atoms with Gasteiger partial charge in [-0.1, -0.05) is 47.5 Å². The van der Waals surface area contributed by atoms with E-state index in [1.54, 1.807) is 42.5 Å². The summed E-state index contributed by atoms with van der Waals surface area (Å²) in [5.74, 6) is -0.147. The smallest absolute Gasteiger partial charge is 0.153 e. The monoisotopic (exact) mass is 447 g/mol. The molecule has 4 N–H and O–H groups in total. The average molecular weight is 447 g/mol. The summed E-state index contributed by atoms with van der Waals surface area (Å²) >= 11 is 0.699. The van der Waals surface area contributed by atoms with Gasteiger partial charge in [-0.2, -0.15) is 10.2 Å². The number of nitrogen functional groups attached to an aromatic ring is 1. The van der Waals surface area contributed by atoms with E-state index in [0.717, 1.165) is 0 Å². The molecular weight excluding hydrogens is 430 g/mol. The molecule has 4 aromatic carbocycles. The van der Waals surface area contributed by atoms with Crippen molar-refractivity contribution in [3.05, 3.63) is 78.9 Å². The van der Waals surface area contributed by atoms with Crippen LogP contribution in [0.4, 0.5) is 28.4 Å². The number of hydrogen-bond acceptors (Lipinski definition) is 10. The van der Waals surface area contributed by atoms with E-state index in [4.69, 9.17) is 11.0 Å². The highest BCUT2D eigenvalue weighted by molar-refractivity contribution is 7.94. The molecule has 160 valence electrons. The maximum Gasteiger partial charge on any atom is 0.153 e. The van der Waals surface area contributed by atoms with Crippen LogP contribution in [0.2, 0.25) is 0 Å². The van der Waals surface area contributed by atoms with Crippen molar-refractivity contribution in [3.8, 4) is 5.75 Å². The van der Waals surface area contributed by atoms with Gasteiger partial charge in [0.2, 0.25) is 0 Å². The molecule has 0 aromatic heterocycles. The fourth-order valence-electron chi connectivity index (χ4n) is 2.97. The van der Waals surface area contributed by atoms with E-state index in [2.05, 4.69) is 29.8 Å². The van der Waals surface area contributed by atoms with Crippen LogP contribution >= 0.6 is 12.0 Å². The van der Waals surface area contributed by atoms with Crippen molar-refractivity contribution in [3.63, 3.8) is 0 Å². The molecule has 10 heteroatoms. The van der Waals surface area contributed by atoms with Crippen molar-refractivity contribution in [2.75, 3.05) is 5.73 Å². The Morgan fingerprint density at radius 3 is 2.03 bits per heavy atom. The van der Waals surface area contributed by atoms with E-state index in [-0.39, 0.29) is 22.8 Å². The molecule has 0 aliphatic carbocycles. The van der Waals surface area contributed by atoms with Crippen molar-refractivity contribution >= 4 is 51.3 Å². The van der Waals surface area contributed by atoms with E-state index < -0.39 is 0 Å². The number of anilines is 1. The molecule has 0 saturated carbocycles. The van der Waals surface area contributed by atoms with E-state index >= 15 is 0 Å². The van der Waals surface area contributed by atoms with Crippen LogP contribution in [-0.4, -0.2) is 10.4 Å². The summed E-state index contributed by atoms with van der Waals surface area (Å²) < 4.78 is 4.58. The molecule has 4 aromatic rings. The van der Waals surface area contributed by atoms with Crippen molar-refractivity contribution < 1.29 is 19.7 Å². The molecule has 0 atom stereocenters. The number of fused-ring (bicyclic) bond motifs is 1. The van der Waals surface area contributed by atoms with Crippen molar-refractivity contribution in [2.45, 2.75) is 4.90 Å². The first kappa shape index (κ1) is 21.4. The lowest BCUT2D eigenvalue weighted by atomic mass is 10.1. The summed E-state index contributed by atoms with van der Waals surface area (Å²) in [6, 6.07) is 23.2. The zero-order valence-electron chi connectivity index (χ0n) is 16.5. The van der Waals surface area contributed by atoms with Gasteiger partial charge in [0.05, 0.1) is 39.4 Å². The zero-order chi connectivity index (χ0) is 22.3. The summed E-state index contributed by atoms with van der Waals surface area (Å²) in [5, 5.41) is 40.8. The van der Waals surface area contributed by atoms with Gasteiger partial charge in [-0.15, -0.1) is 14.6 Å². The second-order valence-electron chi connectivity index (χ2n) is 6.47. The van der Waals surface area contributed by atoms with Crippen molar-refractivity contribution in [1.82, 2.24) is 0 Å². The van der Waals surface area contributed by atoms with Crippen LogP contribution in [0.15, 0.2) is 104 Å². The Kier molecular flexibility index (Phi) is 6.68. The minimum absolute atomic E-state index is 0.147. The first-order valence-electron chi connectivity index (χ1n) is 9.34. The van der Waals surface area contributed by atoms with Gasteiger partial charge < -0.3 is 10.8 Å². The third-order valence-corrected chi connectivity index (χ3v) is 5.06. The molecule has 0 aliphatic heterocycles. The second kappa shape index (κ2) is 9.98. The molecule has 4 rings (SSSR count). The number of hydrogen-bond donors (Lipinski definition) is 3. The van der Waals surface area contributed by atoms with Crippen LogP contribution in [0.1, 0.15) is 0 Å². The molecule has 0 fully saturated rings. The summed E-state index contributed by atoms with van der Waals surface area (Å²) in [7, 11) is 0. The van der Waals surface area contributed by atoms with Crippen LogP contribution in [0.25, 0.3) is 10.8 Å². The van der Waals surface area contributed by atoms with Crippen molar-refractivity contribution in [2.24, 2.45) is 20.5 Å². The number of phenolic OH excluding ortho intramolecular Hbond substituents is 1. The maximum absolute atomic E-state index is 10.9. The van der Waals surface area contributed by atoms with Gasteiger partial charge in [0.1, 0.15) is 11.4 Å². The van der Waals surface area contributed by atoms with Gasteiger partial charge in [0.15, 0.2) is 5.75 Å². The van der Waals surface area contributed by atoms with Gasteiger partial charge in [-0.3, -0.25) is 0 Å². The molecule has 0 radical (unpaired) electrons. The fourth-order valence-corrected chi connectivity index (χ4v) is 3.48. The molecule has 0 heterocycles. The Morgan fingerprint density at radius 1 is 0.781 bits per heavy atom. The number of phenols is 1. The summed E-state index contributed by atoms with van der Waals surface area (Å²) in [6.45, 7) is 0. The quantitative estimate of drug-likeness (QED) is 0.0889. The first-order chi connectivity index (χ1) is 15.7. The molecule has 0 amide bonds. The number of nitrogens with two attached hydrogens (primary N) is 1. The standard InChI is InChI=1S/C22H17N5O4S/c23-20-19-14(11-12-17(22(19)28)26-24-15-7-3-1-4-8-15)13-18(32-31-30-29)21(20)27-25-16-9-5-2-6-10-16/h1-13,28-29H,23H2. The Hall–Kier alpha value is -3.83. The largest absolute Gasteiger partial charge is 0.505 e. The predicted octanol–water partition coefficient (Wildman–Crippen LogP) is 7.39. The third-order valence-electron chi connectivity index (χ3n) is 4.44. The molecule has 0 spiro atoms. The molecule has 0 bridgehead atoms. The Morgan fingerprint density at radius 2 is 1.41 bits per heavy atom. The maximum atomic E-state index is 10.9. The lowest BCUT2D eigenvalue weighted by Crippen LogP contribution is -1.92. The Bertz CT molecular complexity index is 1280. The highest BCUT2D eigenvalue weighted by Gasteiger charge is 2.18. The van der Waals surface area contributed by atoms with Gasteiger partial charge in [-0.05, 0) is 41.8 Å². The SMILES string of the molecule is Nc1c(N=Nc2ccccc2)c(SOOO)cc2ccc(N=Nc3ccccc3)c(O)c12. The molecule has 0 aliphatic rings. The first-order valence-corrected chi connectivity index (χ1v) is 10.1. The molecule has 0 saturated heterocycles. The Balaban J connectivity index is 1.81. The molecule has 9 nitrogen and oxygen atoms in total. The van der Waals surface area contributed by atoms with Crippen LogP contribution in [0.5, 0.6) is 5.75 Å². The van der Waals surface area contributed by atoms with Gasteiger partial charge in [-0.25, -0.2) is 5.26 Å². The van der Waals surface area contributed by atoms with Crippen LogP contribution in [-0.2, 0) is 9.37 Å². The average Bonchev–Trinajstić information content (AvgIpc) is 2.83. The third kappa shape index (κ3) is 4.74. The number of azo groups is 2. The van der Waals surface area contributed by atoms with Crippen molar-refractivity contribution in [1.29, 1.82) is 0 Å².